The molecular formula is C16H23FN2. The molecule has 1 aromatic rings. The van der Waals surface area contributed by atoms with E-state index in [1.54, 1.807) is 0 Å². The molecule has 0 aliphatic heterocycles. The fourth-order valence-electron chi connectivity index (χ4n) is 1.98. The molecule has 19 heavy (non-hydrogen) atoms. The normalized spacial score (nSPS) is 12.1. The Morgan fingerprint density at radius 3 is 2.68 bits per heavy atom. The number of rotatable bonds is 5. The van der Waals surface area contributed by atoms with Gasteiger partial charge in [-0.1, -0.05) is 31.8 Å². The van der Waals surface area contributed by atoms with Gasteiger partial charge in [-0.15, -0.1) is 0 Å². The van der Waals surface area contributed by atoms with Crippen LogP contribution in [0.25, 0.3) is 0 Å². The van der Waals surface area contributed by atoms with Crippen LogP contribution >= 0.6 is 0 Å². The first-order chi connectivity index (χ1) is 9.12. The number of nitrogens with two attached hydrogens (primary N) is 1. The molecule has 1 rings (SSSR count). The number of benzene rings is 1. The van der Waals surface area contributed by atoms with Crippen molar-refractivity contribution < 1.29 is 4.39 Å². The van der Waals surface area contributed by atoms with Crippen LogP contribution in [0.5, 0.6) is 0 Å². The van der Waals surface area contributed by atoms with E-state index in [4.69, 9.17) is 5.73 Å². The van der Waals surface area contributed by atoms with Crippen LogP contribution in [0.15, 0.2) is 18.2 Å². The van der Waals surface area contributed by atoms with Crippen LogP contribution in [0.4, 0.5) is 4.39 Å². The first kappa shape index (κ1) is 15.7. The lowest BCUT2D eigenvalue weighted by Gasteiger charge is -2.27. The second-order valence-electron chi connectivity index (χ2n) is 4.64. The molecule has 1 atom stereocenters. The van der Waals surface area contributed by atoms with Crippen LogP contribution in [-0.2, 0) is 6.54 Å². The Morgan fingerprint density at radius 2 is 2.11 bits per heavy atom. The van der Waals surface area contributed by atoms with Crippen molar-refractivity contribution in [1.82, 2.24) is 4.90 Å². The molecule has 1 unspecified atom stereocenters. The molecule has 2 N–H and O–H groups in total. The van der Waals surface area contributed by atoms with Gasteiger partial charge in [0.1, 0.15) is 5.82 Å². The Balaban J connectivity index is 2.89. The first-order valence-electron chi connectivity index (χ1n) is 6.83. The summed E-state index contributed by atoms with van der Waals surface area (Å²) in [4.78, 5) is 2.37. The van der Waals surface area contributed by atoms with Gasteiger partial charge < -0.3 is 5.73 Å². The van der Waals surface area contributed by atoms with Gasteiger partial charge in [0.05, 0.1) is 12.1 Å². The van der Waals surface area contributed by atoms with Crippen molar-refractivity contribution in [2.45, 2.75) is 39.8 Å². The summed E-state index contributed by atoms with van der Waals surface area (Å²) < 4.78 is 13.6. The van der Waals surface area contributed by atoms with E-state index in [9.17, 15) is 4.39 Å². The van der Waals surface area contributed by atoms with Gasteiger partial charge in [0.2, 0.25) is 0 Å². The van der Waals surface area contributed by atoms with Crippen LogP contribution in [0, 0.1) is 17.7 Å². The van der Waals surface area contributed by atoms with E-state index < -0.39 is 0 Å². The van der Waals surface area contributed by atoms with Crippen molar-refractivity contribution >= 4 is 0 Å². The fourth-order valence-corrected chi connectivity index (χ4v) is 1.98. The lowest BCUT2D eigenvalue weighted by molar-refractivity contribution is 0.206. The second kappa shape index (κ2) is 7.93. The summed E-state index contributed by atoms with van der Waals surface area (Å²) in [6, 6.07) is 5.66. The molecule has 2 nitrogen and oxygen atoms in total. The SMILES string of the molecule is CCC(C)N(CC)Cc1ccc(F)c(C#CCN)c1. The fraction of sp³-hybridized carbons (Fsp3) is 0.500. The highest BCUT2D eigenvalue weighted by Gasteiger charge is 2.11. The summed E-state index contributed by atoms with van der Waals surface area (Å²) in [6.07, 6.45) is 1.11. The van der Waals surface area contributed by atoms with E-state index >= 15 is 0 Å². The minimum Gasteiger partial charge on any atom is -0.320 e. The molecular weight excluding hydrogens is 239 g/mol. The zero-order chi connectivity index (χ0) is 14.3. The summed E-state index contributed by atoms with van der Waals surface area (Å²) in [5.41, 5.74) is 6.84. The van der Waals surface area contributed by atoms with Gasteiger partial charge in [-0.2, -0.15) is 0 Å². The summed E-state index contributed by atoms with van der Waals surface area (Å²) in [5.74, 6) is 5.20. The minimum atomic E-state index is -0.281. The molecule has 0 bridgehead atoms. The molecule has 0 aromatic heterocycles. The minimum absolute atomic E-state index is 0.248. The third-order valence-corrected chi connectivity index (χ3v) is 3.36. The molecule has 0 aliphatic carbocycles. The van der Waals surface area contributed by atoms with E-state index in [0.717, 1.165) is 25.1 Å². The Hall–Kier alpha value is -1.37. The lowest BCUT2D eigenvalue weighted by atomic mass is 10.1. The van der Waals surface area contributed by atoms with Gasteiger partial charge >= 0.3 is 0 Å². The van der Waals surface area contributed by atoms with Crippen molar-refractivity contribution in [2.75, 3.05) is 13.1 Å². The van der Waals surface area contributed by atoms with E-state index in [1.807, 2.05) is 12.1 Å². The predicted molar refractivity (Wildman–Crippen MR) is 78.2 cm³/mol. The third-order valence-electron chi connectivity index (χ3n) is 3.36. The summed E-state index contributed by atoms with van der Waals surface area (Å²) >= 11 is 0. The molecule has 0 radical (unpaired) electrons. The van der Waals surface area contributed by atoms with Crippen molar-refractivity contribution in [3.05, 3.63) is 35.1 Å². The quantitative estimate of drug-likeness (QED) is 0.827. The predicted octanol–water partition coefficient (Wildman–Crippen LogP) is 2.76. The maximum atomic E-state index is 13.6. The summed E-state index contributed by atoms with van der Waals surface area (Å²) in [5, 5.41) is 0. The van der Waals surface area contributed by atoms with Crippen molar-refractivity contribution in [3.63, 3.8) is 0 Å². The van der Waals surface area contributed by atoms with Crippen LogP contribution in [0.3, 0.4) is 0 Å². The monoisotopic (exact) mass is 262 g/mol. The highest BCUT2D eigenvalue weighted by Crippen LogP contribution is 2.14. The van der Waals surface area contributed by atoms with Gasteiger partial charge in [-0.25, -0.2) is 4.39 Å². The van der Waals surface area contributed by atoms with Gasteiger partial charge in [-0.05, 0) is 37.6 Å². The Labute approximate surface area is 115 Å². The Kier molecular flexibility index (Phi) is 6.55. The van der Waals surface area contributed by atoms with E-state index in [-0.39, 0.29) is 12.4 Å². The molecule has 0 saturated heterocycles. The smallest absolute Gasteiger partial charge is 0.138 e. The zero-order valence-electron chi connectivity index (χ0n) is 12.0. The van der Waals surface area contributed by atoms with Crippen molar-refractivity contribution in [1.29, 1.82) is 0 Å². The standard InChI is InChI=1S/C16H23FN2/c1-4-13(3)19(5-2)12-14-8-9-16(17)15(11-14)7-6-10-18/h8-9,11,13H,4-5,10,12,18H2,1-3H3. The van der Waals surface area contributed by atoms with E-state index in [2.05, 4.69) is 37.5 Å². The lowest BCUT2D eigenvalue weighted by Crippen LogP contribution is -2.31. The van der Waals surface area contributed by atoms with Gasteiger partial charge in [-0.3, -0.25) is 4.90 Å². The van der Waals surface area contributed by atoms with Crippen LogP contribution in [-0.4, -0.2) is 24.0 Å². The van der Waals surface area contributed by atoms with Crippen molar-refractivity contribution in [2.24, 2.45) is 5.73 Å². The molecule has 0 aliphatic rings. The average Bonchev–Trinajstić information content (AvgIpc) is 2.44. The number of hydrogen-bond acceptors (Lipinski definition) is 2. The highest BCUT2D eigenvalue weighted by atomic mass is 19.1. The third kappa shape index (κ3) is 4.66. The molecule has 0 amide bonds. The van der Waals surface area contributed by atoms with E-state index in [1.165, 1.54) is 6.07 Å². The first-order valence-corrected chi connectivity index (χ1v) is 6.83. The Bertz CT molecular complexity index is 460. The zero-order valence-corrected chi connectivity index (χ0v) is 12.0. The Morgan fingerprint density at radius 1 is 1.37 bits per heavy atom. The van der Waals surface area contributed by atoms with Crippen molar-refractivity contribution in [3.8, 4) is 11.8 Å². The van der Waals surface area contributed by atoms with Crippen LogP contribution in [0.2, 0.25) is 0 Å². The summed E-state index contributed by atoms with van der Waals surface area (Å²) in [6.45, 7) is 8.58. The number of halogens is 1. The molecule has 0 heterocycles. The van der Waals surface area contributed by atoms with Gasteiger partial charge in [0.25, 0.3) is 0 Å². The van der Waals surface area contributed by atoms with Gasteiger partial charge in [0.15, 0.2) is 0 Å². The van der Waals surface area contributed by atoms with Gasteiger partial charge in [0, 0.05) is 12.6 Å². The van der Waals surface area contributed by atoms with Crippen LogP contribution < -0.4 is 5.73 Å². The topological polar surface area (TPSA) is 29.3 Å². The number of hydrogen-bond donors (Lipinski definition) is 1. The molecule has 1 aromatic carbocycles. The van der Waals surface area contributed by atoms with Crippen LogP contribution in [0.1, 0.15) is 38.3 Å². The largest absolute Gasteiger partial charge is 0.320 e. The molecule has 0 saturated carbocycles. The van der Waals surface area contributed by atoms with E-state index in [0.29, 0.717) is 11.6 Å². The molecule has 104 valence electrons. The molecule has 0 fully saturated rings. The maximum Gasteiger partial charge on any atom is 0.138 e. The molecule has 0 spiro atoms. The number of nitrogens with zero attached hydrogens (tertiary/aromatic N) is 1. The summed E-state index contributed by atoms with van der Waals surface area (Å²) in [7, 11) is 0. The maximum absolute atomic E-state index is 13.6. The average molecular weight is 262 g/mol. The second-order valence-corrected chi connectivity index (χ2v) is 4.64. The highest BCUT2D eigenvalue weighted by molar-refractivity contribution is 5.38. The molecule has 3 heteroatoms.